The number of nitrogens with one attached hydrogen (secondary N) is 1. The molecule has 0 unspecified atom stereocenters. The van der Waals surface area contributed by atoms with Crippen molar-refractivity contribution in [3.8, 4) is 0 Å². The molecular weight excluding hydrogens is 372 g/mol. The van der Waals surface area contributed by atoms with Gasteiger partial charge >= 0.3 is 24.8 Å². The summed E-state index contributed by atoms with van der Waals surface area (Å²) < 4.78 is 0.640. The first-order valence-corrected chi connectivity index (χ1v) is 7.76. The molecule has 0 aliphatic heterocycles. The third-order valence-electron chi connectivity index (χ3n) is 2.27. The van der Waals surface area contributed by atoms with Crippen LogP contribution in [0.2, 0.25) is 0 Å². The Morgan fingerprint density at radius 3 is 2.68 bits per heavy atom. The maximum atomic E-state index is 12.1. The summed E-state index contributed by atoms with van der Waals surface area (Å²) in [4.78, 5) is 23.2. The van der Waals surface area contributed by atoms with Gasteiger partial charge in [0.1, 0.15) is 0 Å². The van der Waals surface area contributed by atoms with E-state index in [9.17, 15) is 9.59 Å². The van der Waals surface area contributed by atoms with Gasteiger partial charge in [-0.25, -0.2) is 4.79 Å². The van der Waals surface area contributed by atoms with Crippen LogP contribution in [0.5, 0.6) is 0 Å². The third-order valence-corrected chi connectivity index (χ3v) is 4.00. The predicted octanol–water partition coefficient (Wildman–Crippen LogP) is -0.413. The van der Waals surface area contributed by atoms with Crippen LogP contribution in [0.1, 0.15) is 29.1 Å². The molecule has 7 heteroatoms. The van der Waals surface area contributed by atoms with Crippen molar-refractivity contribution in [1.29, 1.82) is 0 Å². The van der Waals surface area contributed by atoms with Gasteiger partial charge in [0.25, 0.3) is 5.91 Å². The zero-order valence-electron chi connectivity index (χ0n) is 12.1. The van der Waals surface area contributed by atoms with Crippen molar-refractivity contribution < 1.29 is 35.0 Å². The Morgan fingerprint density at radius 2 is 2.16 bits per heavy atom. The number of benzene rings is 1. The summed E-state index contributed by atoms with van der Waals surface area (Å²) in [6.45, 7) is 1.89. The second kappa shape index (κ2) is 8.90. The van der Waals surface area contributed by atoms with Gasteiger partial charge in [0.05, 0.1) is 11.1 Å². The van der Waals surface area contributed by atoms with Crippen LogP contribution in [0.3, 0.4) is 0 Å². The average Bonchev–Trinajstić information content (AvgIpc) is 2.28. The minimum absolute atomic E-state index is 0. The average molecular weight is 387 g/mol. The van der Waals surface area contributed by atoms with E-state index in [0.717, 1.165) is 5.75 Å². The van der Waals surface area contributed by atoms with E-state index >= 15 is 0 Å². The maximum Gasteiger partial charge on any atom is 1.00 e. The second-order valence-corrected chi connectivity index (χ2v) is 5.87. The van der Waals surface area contributed by atoms with Crippen LogP contribution < -0.4 is 24.2 Å². The summed E-state index contributed by atoms with van der Waals surface area (Å²) in [7, 11) is 0. The predicted molar refractivity (Wildman–Crippen MR) is 82.5 cm³/mol. The Hall–Kier alpha value is -0.163. The largest absolute Gasteiger partial charge is 1.00 e. The van der Waals surface area contributed by atoms with Crippen LogP contribution in [0.4, 0.5) is 0 Å². The molecular formula is C12H15ILiNO3S. The van der Waals surface area contributed by atoms with E-state index in [1.165, 1.54) is 6.07 Å². The van der Waals surface area contributed by atoms with Gasteiger partial charge in [0.2, 0.25) is 0 Å². The first kappa shape index (κ1) is 18.8. The first-order valence-electron chi connectivity index (χ1n) is 5.29. The Bertz CT molecular complexity index is 476. The standard InChI is InChI=1S/C12H14INO3S.Li.H/c1-7(6-18-2)14-11(15)10-8(12(16)17)4-3-5-9(10)13;;/h3-5,7H,6H2,1-2H3,(H,14,15)(H,16,17);;/q;+1;-1/t7-;;/m0../s1. The van der Waals surface area contributed by atoms with Crippen molar-refractivity contribution in [3.05, 3.63) is 32.9 Å². The molecule has 0 spiro atoms. The number of carboxylic acid groups (broad SMARTS) is 1. The number of halogens is 1. The normalized spacial score (nSPS) is 11.3. The van der Waals surface area contributed by atoms with Gasteiger partial charge < -0.3 is 11.8 Å². The van der Waals surface area contributed by atoms with Gasteiger partial charge in [-0.1, -0.05) is 6.07 Å². The summed E-state index contributed by atoms with van der Waals surface area (Å²) in [6, 6.07) is 4.80. The molecule has 1 amide bonds. The Balaban J connectivity index is 0. The van der Waals surface area contributed by atoms with Crippen molar-refractivity contribution in [2.45, 2.75) is 13.0 Å². The van der Waals surface area contributed by atoms with Crippen LogP contribution in [-0.4, -0.2) is 35.0 Å². The summed E-state index contributed by atoms with van der Waals surface area (Å²) in [5.74, 6) is -0.632. The molecule has 1 aromatic rings. The summed E-state index contributed by atoms with van der Waals surface area (Å²) >= 11 is 3.60. The Kier molecular flexibility index (Phi) is 8.82. The van der Waals surface area contributed by atoms with E-state index in [4.69, 9.17) is 5.11 Å². The molecule has 2 N–H and O–H groups in total. The number of aromatic carboxylic acids is 1. The smallest absolute Gasteiger partial charge is 1.00 e. The second-order valence-electron chi connectivity index (χ2n) is 3.80. The van der Waals surface area contributed by atoms with Crippen molar-refractivity contribution in [2.75, 3.05) is 12.0 Å². The van der Waals surface area contributed by atoms with Crippen LogP contribution in [0.15, 0.2) is 18.2 Å². The number of amides is 1. The molecule has 0 saturated carbocycles. The molecule has 0 aliphatic carbocycles. The monoisotopic (exact) mass is 387 g/mol. The fraction of sp³-hybridized carbons (Fsp3) is 0.333. The van der Waals surface area contributed by atoms with Crippen molar-refractivity contribution in [3.63, 3.8) is 0 Å². The minimum Gasteiger partial charge on any atom is -1.00 e. The molecule has 1 rings (SSSR count). The fourth-order valence-corrected chi connectivity index (χ4v) is 2.85. The maximum absolute atomic E-state index is 12.1. The van der Waals surface area contributed by atoms with Gasteiger partial charge in [0.15, 0.2) is 0 Å². The fourth-order valence-electron chi connectivity index (χ4n) is 1.52. The van der Waals surface area contributed by atoms with Gasteiger partial charge in [0, 0.05) is 15.4 Å². The molecule has 1 aromatic carbocycles. The molecule has 0 aromatic heterocycles. The van der Waals surface area contributed by atoms with Crippen LogP contribution in [0.25, 0.3) is 0 Å². The number of thioether (sulfide) groups is 1. The van der Waals surface area contributed by atoms with Crippen molar-refractivity contribution >= 4 is 46.2 Å². The number of rotatable bonds is 5. The van der Waals surface area contributed by atoms with E-state index < -0.39 is 5.97 Å². The molecule has 0 aliphatic rings. The molecule has 0 heterocycles. The Morgan fingerprint density at radius 1 is 1.53 bits per heavy atom. The van der Waals surface area contributed by atoms with Crippen molar-refractivity contribution in [1.82, 2.24) is 5.32 Å². The van der Waals surface area contributed by atoms with E-state index in [-0.39, 0.29) is 43.4 Å². The van der Waals surface area contributed by atoms with E-state index in [2.05, 4.69) is 5.32 Å². The zero-order valence-corrected chi connectivity index (χ0v) is 14.0. The molecule has 0 fully saturated rings. The van der Waals surface area contributed by atoms with Gasteiger partial charge in [-0.15, -0.1) is 0 Å². The van der Waals surface area contributed by atoms with Gasteiger partial charge in [-0.2, -0.15) is 11.8 Å². The third kappa shape index (κ3) is 5.38. The molecule has 100 valence electrons. The summed E-state index contributed by atoms with van der Waals surface area (Å²) in [6.07, 6.45) is 1.96. The minimum atomic E-state index is -1.09. The first-order chi connectivity index (χ1) is 8.47. The van der Waals surface area contributed by atoms with Crippen LogP contribution in [-0.2, 0) is 0 Å². The van der Waals surface area contributed by atoms with E-state index in [0.29, 0.717) is 3.57 Å². The Labute approximate surface area is 143 Å². The topological polar surface area (TPSA) is 66.4 Å². The van der Waals surface area contributed by atoms with Crippen LogP contribution >= 0.6 is 34.4 Å². The number of carboxylic acids is 1. The summed E-state index contributed by atoms with van der Waals surface area (Å²) in [5, 5.41) is 11.9. The number of carbonyl (C=O) groups excluding carboxylic acids is 1. The van der Waals surface area contributed by atoms with Crippen molar-refractivity contribution in [2.24, 2.45) is 0 Å². The molecule has 19 heavy (non-hydrogen) atoms. The molecule has 4 nitrogen and oxygen atoms in total. The summed E-state index contributed by atoms with van der Waals surface area (Å²) in [5.41, 5.74) is 0.273. The number of hydrogen-bond donors (Lipinski definition) is 2. The molecule has 0 radical (unpaired) electrons. The van der Waals surface area contributed by atoms with Gasteiger partial charge in [-0.3, -0.25) is 4.79 Å². The van der Waals surface area contributed by atoms with E-state index in [1.807, 2.05) is 35.8 Å². The molecule has 0 saturated heterocycles. The van der Waals surface area contributed by atoms with Crippen LogP contribution in [0, 0.1) is 3.57 Å². The molecule has 0 bridgehead atoms. The SMILES string of the molecule is CSC[C@H](C)NC(=O)c1c(I)cccc1C(=O)O.[H-].[Li+]. The molecule has 1 atom stereocenters. The van der Waals surface area contributed by atoms with E-state index in [1.54, 1.807) is 23.9 Å². The number of carbonyl (C=O) groups is 2. The zero-order chi connectivity index (χ0) is 13.7. The van der Waals surface area contributed by atoms with Gasteiger partial charge in [-0.05, 0) is 47.9 Å². The quantitative estimate of drug-likeness (QED) is 0.533. The number of hydrogen-bond acceptors (Lipinski definition) is 3.